The van der Waals surface area contributed by atoms with Crippen molar-refractivity contribution in [2.24, 2.45) is 0 Å². The van der Waals surface area contributed by atoms with E-state index < -0.39 is 5.60 Å². The van der Waals surface area contributed by atoms with Gasteiger partial charge in [0.2, 0.25) is 5.95 Å². The second-order valence-corrected chi connectivity index (χ2v) is 10.3. The Morgan fingerprint density at radius 3 is 2.59 bits per heavy atom. The Morgan fingerprint density at radius 1 is 1.05 bits per heavy atom. The third-order valence-corrected chi connectivity index (χ3v) is 6.19. The molecule has 1 amide bonds. The van der Waals surface area contributed by atoms with Gasteiger partial charge in [0.15, 0.2) is 5.15 Å². The van der Waals surface area contributed by atoms with Crippen LogP contribution in [0.5, 0.6) is 0 Å². The van der Waals surface area contributed by atoms with Crippen LogP contribution in [0.25, 0.3) is 22.3 Å². The first-order valence-corrected chi connectivity index (χ1v) is 12.5. The summed E-state index contributed by atoms with van der Waals surface area (Å²) in [5.74, 6) is 1.29. The van der Waals surface area contributed by atoms with Crippen LogP contribution >= 0.6 is 11.6 Å². The molecule has 11 heteroatoms. The number of ether oxygens (including phenoxy) is 1. The lowest BCUT2D eigenvalue weighted by molar-refractivity contribution is 0.0139. The topological polar surface area (TPSA) is 112 Å². The normalized spacial score (nSPS) is 14.6. The number of pyridine rings is 1. The summed E-state index contributed by atoms with van der Waals surface area (Å²) < 4.78 is 5.49. The van der Waals surface area contributed by atoms with Gasteiger partial charge in [-0.1, -0.05) is 17.7 Å². The molecule has 1 aliphatic rings. The zero-order valence-corrected chi connectivity index (χ0v) is 21.8. The monoisotopic (exact) mass is 520 g/mol. The Balaban J connectivity index is 1.22. The van der Waals surface area contributed by atoms with Gasteiger partial charge in [-0.15, -0.1) is 0 Å². The minimum absolute atomic E-state index is 0.250. The summed E-state index contributed by atoms with van der Waals surface area (Å²) in [4.78, 5) is 37.2. The molecule has 1 aliphatic heterocycles. The summed E-state index contributed by atoms with van der Waals surface area (Å²) in [5, 5.41) is 3.62. The number of benzene rings is 1. The molecule has 0 radical (unpaired) electrons. The second kappa shape index (κ2) is 10.3. The average molecular weight is 521 g/mol. The number of imidazole rings is 1. The van der Waals surface area contributed by atoms with E-state index in [4.69, 9.17) is 16.3 Å². The molecule has 1 aromatic carbocycles. The highest BCUT2D eigenvalue weighted by Crippen LogP contribution is 2.27. The Morgan fingerprint density at radius 2 is 1.84 bits per heavy atom. The van der Waals surface area contributed by atoms with Gasteiger partial charge >= 0.3 is 6.09 Å². The van der Waals surface area contributed by atoms with Crippen LogP contribution in [0.15, 0.2) is 48.9 Å². The minimum Gasteiger partial charge on any atom is -0.444 e. The predicted octanol–water partition coefficient (Wildman–Crippen LogP) is 4.86. The van der Waals surface area contributed by atoms with Gasteiger partial charge in [0.05, 0.1) is 11.0 Å². The van der Waals surface area contributed by atoms with Crippen LogP contribution in [0.1, 0.15) is 26.3 Å². The highest BCUT2D eigenvalue weighted by Gasteiger charge is 2.25. The number of carbonyl (C=O) groups excluding carboxylic acids is 1. The number of fused-ring (bicyclic) bond motifs is 1. The standard InChI is InChI=1S/C26H29ClN8O2/c1-26(2,3)37-25(36)35-12-10-34(11-13-35)16-17-6-7-28-21(14-17)33-24-31-19-5-4-18(15-20(19)32-24)22-23(27)30-9-8-29-22/h4-9,14-15H,10-13,16H2,1-3H3,(H2,28,31,32,33). The second-order valence-electron chi connectivity index (χ2n) is 9.93. The van der Waals surface area contributed by atoms with Gasteiger partial charge in [0, 0.05) is 56.9 Å². The number of nitrogens with one attached hydrogen (secondary N) is 2. The lowest BCUT2D eigenvalue weighted by Gasteiger charge is -2.35. The Kier molecular flexibility index (Phi) is 6.94. The molecule has 0 saturated carbocycles. The quantitative estimate of drug-likeness (QED) is 0.383. The zero-order valence-electron chi connectivity index (χ0n) is 21.0. The van der Waals surface area contributed by atoms with E-state index in [9.17, 15) is 4.79 Å². The third-order valence-electron chi connectivity index (χ3n) is 5.91. The summed E-state index contributed by atoms with van der Waals surface area (Å²) in [7, 11) is 0. The lowest BCUT2D eigenvalue weighted by atomic mass is 10.1. The summed E-state index contributed by atoms with van der Waals surface area (Å²) in [6.07, 6.45) is 4.71. The molecule has 10 nitrogen and oxygen atoms in total. The van der Waals surface area contributed by atoms with Crippen molar-refractivity contribution in [1.29, 1.82) is 0 Å². The fourth-order valence-electron chi connectivity index (χ4n) is 4.17. The van der Waals surface area contributed by atoms with Crippen molar-refractivity contribution < 1.29 is 9.53 Å². The molecule has 0 aliphatic carbocycles. The molecule has 3 aromatic heterocycles. The third kappa shape index (κ3) is 6.15. The van der Waals surface area contributed by atoms with E-state index in [-0.39, 0.29) is 6.09 Å². The van der Waals surface area contributed by atoms with E-state index >= 15 is 0 Å². The van der Waals surface area contributed by atoms with Gasteiger partial charge in [-0.2, -0.15) is 0 Å². The van der Waals surface area contributed by atoms with Crippen LogP contribution in [0.3, 0.4) is 0 Å². The summed E-state index contributed by atoms with van der Waals surface area (Å²) in [6, 6.07) is 9.80. The molecule has 0 bridgehead atoms. The maximum Gasteiger partial charge on any atom is 0.410 e. The Labute approximate surface area is 220 Å². The predicted molar refractivity (Wildman–Crippen MR) is 143 cm³/mol. The first kappa shape index (κ1) is 24.9. The van der Waals surface area contributed by atoms with Crippen molar-refractivity contribution >= 4 is 40.5 Å². The van der Waals surface area contributed by atoms with Crippen LogP contribution in [0.2, 0.25) is 5.15 Å². The molecule has 5 rings (SSSR count). The summed E-state index contributed by atoms with van der Waals surface area (Å²) in [6.45, 7) is 9.27. The highest BCUT2D eigenvalue weighted by atomic mass is 35.5. The molecule has 0 atom stereocenters. The van der Waals surface area contributed by atoms with E-state index in [0.29, 0.717) is 35.7 Å². The summed E-state index contributed by atoms with van der Waals surface area (Å²) >= 11 is 6.20. The Bertz CT molecular complexity index is 1410. The van der Waals surface area contributed by atoms with Crippen molar-refractivity contribution in [2.75, 3.05) is 31.5 Å². The number of rotatable bonds is 5. The number of aromatic amines is 1. The number of halogens is 1. The number of hydrogen-bond acceptors (Lipinski definition) is 8. The number of hydrogen-bond donors (Lipinski definition) is 2. The van der Waals surface area contributed by atoms with Crippen LogP contribution in [0.4, 0.5) is 16.6 Å². The van der Waals surface area contributed by atoms with Crippen molar-refractivity contribution in [3.63, 3.8) is 0 Å². The molecule has 2 N–H and O–H groups in total. The number of nitrogens with zero attached hydrogens (tertiary/aromatic N) is 6. The molecule has 4 aromatic rings. The van der Waals surface area contributed by atoms with Crippen molar-refractivity contribution in [3.8, 4) is 11.3 Å². The van der Waals surface area contributed by atoms with E-state index in [1.807, 2.05) is 51.1 Å². The number of H-pyrrole nitrogens is 1. The maximum atomic E-state index is 12.3. The number of carbonyl (C=O) groups is 1. The summed E-state index contributed by atoms with van der Waals surface area (Å²) in [5.41, 5.74) is 3.77. The van der Waals surface area contributed by atoms with Crippen LogP contribution in [0, 0.1) is 0 Å². The molecule has 37 heavy (non-hydrogen) atoms. The van der Waals surface area contributed by atoms with Crippen LogP contribution in [-0.2, 0) is 11.3 Å². The minimum atomic E-state index is -0.485. The van der Waals surface area contributed by atoms with E-state index in [2.05, 4.69) is 35.1 Å². The van der Waals surface area contributed by atoms with E-state index in [0.717, 1.165) is 41.8 Å². The molecule has 1 fully saturated rings. The van der Waals surface area contributed by atoms with Gasteiger partial charge in [-0.05, 0) is 50.6 Å². The van der Waals surface area contributed by atoms with Gasteiger partial charge in [0.1, 0.15) is 17.1 Å². The SMILES string of the molecule is CC(C)(C)OC(=O)N1CCN(Cc2ccnc(Nc3nc4ccc(-c5nccnc5Cl)cc4[nH]3)c2)CC1. The van der Waals surface area contributed by atoms with Crippen molar-refractivity contribution in [1.82, 2.24) is 34.7 Å². The van der Waals surface area contributed by atoms with E-state index in [1.165, 1.54) is 0 Å². The van der Waals surface area contributed by atoms with Gasteiger partial charge in [-0.3, -0.25) is 9.88 Å². The van der Waals surface area contributed by atoms with Gasteiger partial charge in [-0.25, -0.2) is 19.7 Å². The van der Waals surface area contributed by atoms with Crippen molar-refractivity contribution in [2.45, 2.75) is 32.9 Å². The van der Waals surface area contributed by atoms with Crippen LogP contribution < -0.4 is 5.32 Å². The number of piperazine rings is 1. The number of aromatic nitrogens is 5. The smallest absolute Gasteiger partial charge is 0.410 e. The van der Waals surface area contributed by atoms with Crippen molar-refractivity contribution in [3.05, 3.63) is 59.6 Å². The number of anilines is 2. The highest BCUT2D eigenvalue weighted by molar-refractivity contribution is 6.31. The first-order valence-electron chi connectivity index (χ1n) is 12.1. The molecule has 1 saturated heterocycles. The maximum absolute atomic E-state index is 12.3. The van der Waals surface area contributed by atoms with Gasteiger partial charge < -0.3 is 19.9 Å². The molecule has 0 unspecified atom stereocenters. The lowest BCUT2D eigenvalue weighted by Crippen LogP contribution is -2.49. The first-order chi connectivity index (χ1) is 17.7. The molecule has 192 valence electrons. The van der Waals surface area contributed by atoms with Gasteiger partial charge in [0.25, 0.3) is 0 Å². The fourth-order valence-corrected chi connectivity index (χ4v) is 4.38. The van der Waals surface area contributed by atoms with E-state index in [1.54, 1.807) is 23.5 Å². The largest absolute Gasteiger partial charge is 0.444 e. The Hall–Kier alpha value is -3.76. The molecular formula is C26H29ClN8O2. The molecular weight excluding hydrogens is 492 g/mol. The fraction of sp³-hybridized carbons (Fsp3) is 0.346. The van der Waals surface area contributed by atoms with Crippen LogP contribution in [-0.4, -0.2) is 72.6 Å². The zero-order chi connectivity index (χ0) is 26.0. The average Bonchev–Trinajstić information content (AvgIpc) is 3.25. The number of amides is 1. The molecule has 4 heterocycles. The molecule has 0 spiro atoms.